The average molecular weight is 225 g/mol. The van der Waals surface area contributed by atoms with Gasteiger partial charge in [0, 0.05) is 5.54 Å². The van der Waals surface area contributed by atoms with E-state index >= 15 is 0 Å². The Hall–Kier alpha value is -1.22. The number of hydrogen-bond acceptors (Lipinski definition) is 1. The fourth-order valence-corrected chi connectivity index (χ4v) is 2.02. The van der Waals surface area contributed by atoms with Gasteiger partial charge in [-0.15, -0.1) is 0 Å². The predicted molar refractivity (Wildman–Crippen MR) is 62.6 cm³/mol. The van der Waals surface area contributed by atoms with Crippen LogP contribution in [-0.2, 0) is 5.54 Å². The molecule has 0 saturated carbocycles. The number of fused-ring (bicyclic) bond motifs is 1. The second kappa shape index (κ2) is 3.14. The first kappa shape index (κ1) is 10.3. The molecule has 4 heteroatoms. The Balaban J connectivity index is 2.96. The Labute approximate surface area is 92.7 Å². The van der Waals surface area contributed by atoms with Gasteiger partial charge in [-0.1, -0.05) is 17.7 Å². The molecule has 0 unspecified atom stereocenters. The van der Waals surface area contributed by atoms with Crippen LogP contribution in [0.1, 0.15) is 20.8 Å². The number of H-pyrrole nitrogens is 1. The van der Waals surface area contributed by atoms with E-state index in [0.29, 0.717) is 5.02 Å². The highest BCUT2D eigenvalue weighted by molar-refractivity contribution is 6.34. The van der Waals surface area contributed by atoms with Gasteiger partial charge in [-0.25, -0.2) is 4.79 Å². The molecule has 80 valence electrons. The van der Waals surface area contributed by atoms with Crippen molar-refractivity contribution in [2.24, 2.45) is 0 Å². The molecule has 0 saturated heterocycles. The first-order valence-electron chi connectivity index (χ1n) is 4.81. The van der Waals surface area contributed by atoms with Crippen molar-refractivity contribution < 1.29 is 0 Å². The number of nitrogens with zero attached hydrogens (tertiary/aromatic N) is 1. The maximum Gasteiger partial charge on any atom is 0.326 e. The van der Waals surface area contributed by atoms with Gasteiger partial charge in [0.1, 0.15) is 0 Å². The normalized spacial score (nSPS) is 12.3. The molecule has 2 rings (SSSR count). The van der Waals surface area contributed by atoms with Crippen LogP contribution in [0.25, 0.3) is 11.0 Å². The summed E-state index contributed by atoms with van der Waals surface area (Å²) in [5.41, 5.74) is 1.16. The van der Waals surface area contributed by atoms with Crippen LogP contribution in [0.4, 0.5) is 0 Å². The smallest absolute Gasteiger partial charge is 0.305 e. The number of nitrogens with one attached hydrogen (secondary N) is 1. The molecular formula is C11H13ClN2O. The molecule has 0 radical (unpaired) electrons. The van der Waals surface area contributed by atoms with E-state index in [0.717, 1.165) is 11.0 Å². The monoisotopic (exact) mass is 224 g/mol. The van der Waals surface area contributed by atoms with Crippen molar-refractivity contribution in [3.63, 3.8) is 0 Å². The van der Waals surface area contributed by atoms with Crippen molar-refractivity contribution in [1.29, 1.82) is 0 Å². The van der Waals surface area contributed by atoms with Crippen LogP contribution in [-0.4, -0.2) is 9.55 Å². The molecule has 15 heavy (non-hydrogen) atoms. The maximum absolute atomic E-state index is 11.8. The number of imidazole rings is 1. The summed E-state index contributed by atoms with van der Waals surface area (Å²) in [6.45, 7) is 5.93. The van der Waals surface area contributed by atoms with Crippen molar-refractivity contribution >= 4 is 22.6 Å². The van der Waals surface area contributed by atoms with Crippen LogP contribution in [0.5, 0.6) is 0 Å². The molecule has 0 amide bonds. The minimum absolute atomic E-state index is 0.120. The van der Waals surface area contributed by atoms with Gasteiger partial charge >= 0.3 is 5.69 Å². The van der Waals surface area contributed by atoms with Crippen LogP contribution in [0.2, 0.25) is 5.02 Å². The number of halogens is 1. The van der Waals surface area contributed by atoms with E-state index in [2.05, 4.69) is 4.98 Å². The quantitative estimate of drug-likeness (QED) is 0.734. The first-order valence-corrected chi connectivity index (χ1v) is 5.19. The third-order valence-corrected chi connectivity index (χ3v) is 2.63. The summed E-state index contributed by atoms with van der Waals surface area (Å²) in [5, 5.41) is 0.598. The molecule has 3 nitrogen and oxygen atoms in total. The molecule has 1 aromatic heterocycles. The number of benzene rings is 1. The molecule has 1 N–H and O–H groups in total. The third kappa shape index (κ3) is 1.57. The number of rotatable bonds is 0. The van der Waals surface area contributed by atoms with E-state index in [-0.39, 0.29) is 11.2 Å². The fraction of sp³-hybridized carbons (Fsp3) is 0.364. The number of para-hydroxylation sites is 1. The molecule has 0 aliphatic carbocycles. The molecule has 1 aromatic carbocycles. The van der Waals surface area contributed by atoms with E-state index in [4.69, 9.17) is 11.6 Å². The highest BCUT2D eigenvalue weighted by Crippen LogP contribution is 2.25. The molecule has 0 aliphatic rings. The lowest BCUT2D eigenvalue weighted by Crippen LogP contribution is -2.31. The van der Waals surface area contributed by atoms with E-state index in [1.807, 2.05) is 32.9 Å². The van der Waals surface area contributed by atoms with E-state index in [9.17, 15) is 4.79 Å². The molecule has 0 aliphatic heterocycles. The van der Waals surface area contributed by atoms with E-state index < -0.39 is 0 Å². The number of aromatic amines is 1. The summed E-state index contributed by atoms with van der Waals surface area (Å²) in [6, 6.07) is 5.47. The molecule has 0 atom stereocenters. The summed E-state index contributed by atoms with van der Waals surface area (Å²) in [7, 11) is 0. The topological polar surface area (TPSA) is 37.8 Å². The van der Waals surface area contributed by atoms with Crippen LogP contribution in [0, 0.1) is 0 Å². The van der Waals surface area contributed by atoms with Crippen molar-refractivity contribution in [3.05, 3.63) is 33.7 Å². The predicted octanol–water partition coefficient (Wildman–Crippen LogP) is 2.74. The Morgan fingerprint density at radius 1 is 1.33 bits per heavy atom. The van der Waals surface area contributed by atoms with E-state index in [1.54, 1.807) is 10.6 Å². The lowest BCUT2D eigenvalue weighted by Gasteiger charge is -2.20. The maximum atomic E-state index is 11.8. The Kier molecular flexibility index (Phi) is 2.15. The van der Waals surface area contributed by atoms with Gasteiger partial charge in [0.05, 0.1) is 16.1 Å². The molecular weight excluding hydrogens is 212 g/mol. The summed E-state index contributed by atoms with van der Waals surface area (Å²) in [5.74, 6) is 0. The second-order valence-corrected chi connectivity index (χ2v) is 4.98. The molecule has 0 fully saturated rings. The van der Waals surface area contributed by atoms with Crippen molar-refractivity contribution in [2.75, 3.05) is 0 Å². The number of aromatic nitrogens is 2. The zero-order chi connectivity index (χ0) is 11.2. The second-order valence-electron chi connectivity index (χ2n) is 4.57. The van der Waals surface area contributed by atoms with Crippen molar-refractivity contribution in [3.8, 4) is 0 Å². The first-order chi connectivity index (χ1) is 6.91. The summed E-state index contributed by atoms with van der Waals surface area (Å²) < 4.78 is 1.69. The zero-order valence-corrected chi connectivity index (χ0v) is 9.72. The van der Waals surface area contributed by atoms with Gasteiger partial charge in [-0.05, 0) is 32.9 Å². The SMILES string of the molecule is CC(C)(C)n1c(=O)[nH]c2cccc(Cl)c21. The lowest BCUT2D eigenvalue weighted by atomic mass is 10.1. The Morgan fingerprint density at radius 3 is 2.60 bits per heavy atom. The van der Waals surface area contributed by atoms with Crippen LogP contribution in [0.3, 0.4) is 0 Å². The van der Waals surface area contributed by atoms with Crippen molar-refractivity contribution in [2.45, 2.75) is 26.3 Å². The van der Waals surface area contributed by atoms with Gasteiger partial charge in [0.25, 0.3) is 0 Å². The lowest BCUT2D eigenvalue weighted by molar-refractivity contribution is 0.397. The highest BCUT2D eigenvalue weighted by Gasteiger charge is 2.20. The molecule has 0 bridgehead atoms. The third-order valence-electron chi connectivity index (χ3n) is 2.33. The van der Waals surface area contributed by atoms with Gasteiger partial charge < -0.3 is 4.98 Å². The van der Waals surface area contributed by atoms with Crippen molar-refractivity contribution in [1.82, 2.24) is 9.55 Å². The van der Waals surface area contributed by atoms with Gasteiger partial charge in [-0.2, -0.15) is 0 Å². The summed E-state index contributed by atoms with van der Waals surface area (Å²) >= 11 is 6.10. The van der Waals surface area contributed by atoms with Gasteiger partial charge in [0.15, 0.2) is 0 Å². The molecule has 1 heterocycles. The minimum Gasteiger partial charge on any atom is -0.305 e. The minimum atomic E-state index is -0.277. The Morgan fingerprint density at radius 2 is 2.00 bits per heavy atom. The fourth-order valence-electron chi connectivity index (χ4n) is 1.76. The van der Waals surface area contributed by atoms with Crippen LogP contribution < -0.4 is 5.69 Å². The van der Waals surface area contributed by atoms with E-state index in [1.165, 1.54) is 0 Å². The number of hydrogen-bond donors (Lipinski definition) is 1. The van der Waals surface area contributed by atoms with Crippen LogP contribution >= 0.6 is 11.6 Å². The largest absolute Gasteiger partial charge is 0.326 e. The Bertz CT molecular complexity index is 560. The van der Waals surface area contributed by atoms with Gasteiger partial charge in [-0.3, -0.25) is 4.57 Å². The average Bonchev–Trinajstić information content (AvgIpc) is 2.41. The highest BCUT2D eigenvalue weighted by atomic mass is 35.5. The van der Waals surface area contributed by atoms with Gasteiger partial charge in [0.2, 0.25) is 0 Å². The summed E-state index contributed by atoms with van der Waals surface area (Å²) in [4.78, 5) is 14.6. The molecule has 0 spiro atoms. The standard InChI is InChI=1S/C11H13ClN2O/c1-11(2,3)14-9-7(12)5-4-6-8(9)13-10(14)15/h4-6H,1-3H3,(H,13,15). The zero-order valence-electron chi connectivity index (χ0n) is 8.97. The summed E-state index contributed by atoms with van der Waals surface area (Å²) in [6.07, 6.45) is 0. The molecule has 2 aromatic rings. The van der Waals surface area contributed by atoms with Crippen LogP contribution in [0.15, 0.2) is 23.0 Å².